The molecule has 2 N–H and O–H groups in total. The highest BCUT2D eigenvalue weighted by molar-refractivity contribution is 5.97. The van der Waals surface area contributed by atoms with E-state index in [0.717, 1.165) is 5.56 Å². The van der Waals surface area contributed by atoms with E-state index >= 15 is 0 Å². The number of rotatable bonds is 7. The first-order valence-electron chi connectivity index (χ1n) is 6.53. The van der Waals surface area contributed by atoms with Crippen LogP contribution in [0.5, 0.6) is 0 Å². The summed E-state index contributed by atoms with van der Waals surface area (Å²) in [5.41, 5.74) is 1.66. The lowest BCUT2D eigenvalue weighted by atomic mass is 9.96. The number of carbonyl (C=O) groups is 3. The van der Waals surface area contributed by atoms with E-state index in [1.54, 1.807) is 19.1 Å². The molecule has 5 heteroatoms. The number of ketones is 1. The number of hydrogen-bond acceptors (Lipinski definition) is 3. The second-order valence-corrected chi connectivity index (χ2v) is 4.75. The molecule has 108 valence electrons. The zero-order valence-corrected chi connectivity index (χ0v) is 11.7. The van der Waals surface area contributed by atoms with Gasteiger partial charge in [0.25, 0.3) is 0 Å². The number of carboxylic acids is 1. The van der Waals surface area contributed by atoms with E-state index in [-0.39, 0.29) is 18.6 Å². The van der Waals surface area contributed by atoms with E-state index in [1.165, 1.54) is 0 Å². The third kappa shape index (κ3) is 5.22. The molecule has 0 unspecified atom stereocenters. The summed E-state index contributed by atoms with van der Waals surface area (Å²) in [5, 5.41) is 11.5. The number of amides is 1. The maximum absolute atomic E-state index is 12.1. The predicted molar refractivity (Wildman–Crippen MR) is 75.5 cm³/mol. The van der Waals surface area contributed by atoms with Crippen LogP contribution in [0.25, 0.3) is 0 Å². The van der Waals surface area contributed by atoms with Gasteiger partial charge in [0.2, 0.25) is 5.91 Å². The van der Waals surface area contributed by atoms with Crippen molar-refractivity contribution >= 4 is 23.3 Å². The van der Waals surface area contributed by atoms with Crippen LogP contribution >= 0.6 is 0 Å². The Hall–Kier alpha value is -2.17. The molecule has 1 aromatic carbocycles. The topological polar surface area (TPSA) is 83.5 Å². The largest absolute Gasteiger partial charge is 0.481 e. The molecule has 1 atom stereocenters. The minimum absolute atomic E-state index is 0.0412. The van der Waals surface area contributed by atoms with Crippen molar-refractivity contribution in [1.82, 2.24) is 0 Å². The van der Waals surface area contributed by atoms with Crippen molar-refractivity contribution in [3.8, 4) is 0 Å². The van der Waals surface area contributed by atoms with Gasteiger partial charge in [-0.05, 0) is 19.1 Å². The molecule has 5 nitrogen and oxygen atoms in total. The number of hydrogen-bond donors (Lipinski definition) is 2. The quantitative estimate of drug-likeness (QED) is 0.801. The zero-order valence-electron chi connectivity index (χ0n) is 11.7. The normalized spacial score (nSPS) is 11.7. The molecule has 0 saturated carbocycles. The number of nitrogens with one attached hydrogen (secondary N) is 1. The monoisotopic (exact) mass is 277 g/mol. The standard InChI is InChI=1S/C15H19NO4/c1-3-13(17)8-11(9-14(18)19)15(20)16-12-6-4-10(2)5-7-12/h4-7,11H,3,8-9H2,1-2H3,(H,16,20)(H,18,19)/t11-/m0/s1. The SMILES string of the molecule is CCC(=O)C[C@@H](CC(=O)O)C(=O)Nc1ccc(C)cc1. The van der Waals surface area contributed by atoms with Gasteiger partial charge in [0.1, 0.15) is 5.78 Å². The third-order valence-corrected chi connectivity index (χ3v) is 2.98. The Kier molecular flexibility index (Phi) is 5.90. The van der Waals surface area contributed by atoms with E-state index in [2.05, 4.69) is 5.32 Å². The summed E-state index contributed by atoms with van der Waals surface area (Å²) in [6.07, 6.45) is -0.0855. The number of carboxylic acid groups (broad SMARTS) is 1. The van der Waals surface area contributed by atoms with Crippen molar-refractivity contribution in [3.63, 3.8) is 0 Å². The number of anilines is 1. The summed E-state index contributed by atoms with van der Waals surface area (Å²) in [5.74, 6) is -2.47. The highest BCUT2D eigenvalue weighted by Crippen LogP contribution is 2.15. The van der Waals surface area contributed by atoms with Gasteiger partial charge >= 0.3 is 5.97 Å². The van der Waals surface area contributed by atoms with Crippen LogP contribution in [-0.2, 0) is 14.4 Å². The van der Waals surface area contributed by atoms with Crippen molar-refractivity contribution in [3.05, 3.63) is 29.8 Å². The fourth-order valence-electron chi connectivity index (χ4n) is 1.77. The molecule has 0 aliphatic carbocycles. The van der Waals surface area contributed by atoms with Crippen LogP contribution < -0.4 is 5.32 Å². The van der Waals surface area contributed by atoms with Crippen LogP contribution in [0, 0.1) is 12.8 Å². The molecule has 0 aliphatic rings. The van der Waals surface area contributed by atoms with Gasteiger partial charge in [0, 0.05) is 18.5 Å². The van der Waals surface area contributed by atoms with Crippen molar-refractivity contribution in [2.75, 3.05) is 5.32 Å². The van der Waals surface area contributed by atoms with Crippen LogP contribution in [0.4, 0.5) is 5.69 Å². The first-order valence-corrected chi connectivity index (χ1v) is 6.53. The second kappa shape index (κ2) is 7.43. The van der Waals surface area contributed by atoms with Gasteiger partial charge in [-0.15, -0.1) is 0 Å². The molecular weight excluding hydrogens is 258 g/mol. The molecule has 0 bridgehead atoms. The van der Waals surface area contributed by atoms with Crippen LogP contribution in [0.1, 0.15) is 31.7 Å². The van der Waals surface area contributed by atoms with Gasteiger partial charge in [-0.3, -0.25) is 14.4 Å². The Morgan fingerprint density at radius 1 is 1.15 bits per heavy atom. The molecule has 1 rings (SSSR count). The first kappa shape index (κ1) is 15.9. The summed E-state index contributed by atoms with van der Waals surface area (Å²) >= 11 is 0. The van der Waals surface area contributed by atoms with E-state index in [4.69, 9.17) is 5.11 Å². The van der Waals surface area contributed by atoms with Crippen molar-refractivity contribution in [2.24, 2.45) is 5.92 Å². The van der Waals surface area contributed by atoms with Gasteiger partial charge in [-0.1, -0.05) is 24.6 Å². The first-order chi connectivity index (χ1) is 9.42. The number of aliphatic carboxylic acids is 1. The van der Waals surface area contributed by atoms with Crippen LogP contribution in [0.2, 0.25) is 0 Å². The van der Waals surface area contributed by atoms with Crippen molar-refractivity contribution in [2.45, 2.75) is 33.1 Å². The van der Waals surface area contributed by atoms with Crippen LogP contribution in [-0.4, -0.2) is 22.8 Å². The second-order valence-electron chi connectivity index (χ2n) is 4.75. The highest BCUT2D eigenvalue weighted by atomic mass is 16.4. The third-order valence-electron chi connectivity index (χ3n) is 2.98. The summed E-state index contributed by atoms with van der Waals surface area (Å²) in [6.45, 7) is 3.62. The maximum atomic E-state index is 12.1. The van der Waals surface area contributed by atoms with Gasteiger partial charge in [0.05, 0.1) is 12.3 Å². The van der Waals surface area contributed by atoms with E-state index in [9.17, 15) is 14.4 Å². The molecule has 0 saturated heterocycles. The lowest BCUT2D eigenvalue weighted by molar-refractivity contribution is -0.140. The Balaban J connectivity index is 2.73. The van der Waals surface area contributed by atoms with Gasteiger partial charge in [-0.25, -0.2) is 0 Å². The van der Waals surface area contributed by atoms with Crippen LogP contribution in [0.3, 0.4) is 0 Å². The smallest absolute Gasteiger partial charge is 0.304 e. The Morgan fingerprint density at radius 2 is 1.75 bits per heavy atom. The summed E-state index contributed by atoms with van der Waals surface area (Å²) in [7, 11) is 0. The molecule has 20 heavy (non-hydrogen) atoms. The van der Waals surface area contributed by atoms with Gasteiger partial charge < -0.3 is 10.4 Å². The van der Waals surface area contributed by atoms with E-state index in [0.29, 0.717) is 12.1 Å². The molecule has 0 aromatic heterocycles. The molecule has 1 aromatic rings. The molecule has 0 heterocycles. The molecule has 0 spiro atoms. The predicted octanol–water partition coefficient (Wildman–Crippen LogP) is 2.39. The summed E-state index contributed by atoms with van der Waals surface area (Å²) < 4.78 is 0. The summed E-state index contributed by atoms with van der Waals surface area (Å²) in [6, 6.07) is 7.18. The van der Waals surface area contributed by atoms with E-state index < -0.39 is 17.8 Å². The van der Waals surface area contributed by atoms with Crippen LogP contribution in [0.15, 0.2) is 24.3 Å². The molecular formula is C15H19NO4. The van der Waals surface area contributed by atoms with Crippen molar-refractivity contribution < 1.29 is 19.5 Å². The fraction of sp³-hybridized carbons (Fsp3) is 0.400. The minimum atomic E-state index is -1.09. The number of aryl methyl sites for hydroxylation is 1. The number of Topliss-reactive ketones (excluding diaryl/α,β-unsaturated/α-hetero) is 1. The number of benzene rings is 1. The Labute approximate surface area is 118 Å². The minimum Gasteiger partial charge on any atom is -0.481 e. The lowest BCUT2D eigenvalue weighted by Gasteiger charge is -2.14. The van der Waals surface area contributed by atoms with E-state index in [1.807, 2.05) is 19.1 Å². The number of carbonyl (C=O) groups excluding carboxylic acids is 2. The zero-order chi connectivity index (χ0) is 15.1. The summed E-state index contributed by atoms with van der Waals surface area (Å²) in [4.78, 5) is 34.3. The lowest BCUT2D eigenvalue weighted by Crippen LogP contribution is -2.27. The molecule has 0 fully saturated rings. The van der Waals surface area contributed by atoms with Gasteiger partial charge in [-0.2, -0.15) is 0 Å². The van der Waals surface area contributed by atoms with Crippen molar-refractivity contribution in [1.29, 1.82) is 0 Å². The van der Waals surface area contributed by atoms with Gasteiger partial charge in [0.15, 0.2) is 0 Å². The Morgan fingerprint density at radius 3 is 2.25 bits per heavy atom. The highest BCUT2D eigenvalue weighted by Gasteiger charge is 2.24. The average Bonchev–Trinajstić information content (AvgIpc) is 2.39. The average molecular weight is 277 g/mol. The fourth-order valence-corrected chi connectivity index (χ4v) is 1.77. The maximum Gasteiger partial charge on any atom is 0.304 e. The molecule has 0 aliphatic heterocycles. The Bertz CT molecular complexity index is 493. The molecule has 0 radical (unpaired) electrons. The molecule has 1 amide bonds.